The second-order valence-electron chi connectivity index (χ2n) is 2.98. The van der Waals surface area contributed by atoms with Gasteiger partial charge in [0.25, 0.3) is 0 Å². The predicted octanol–water partition coefficient (Wildman–Crippen LogP) is 1.28. The highest BCUT2D eigenvalue weighted by molar-refractivity contribution is 5.04. The summed E-state index contributed by atoms with van der Waals surface area (Å²) >= 11 is 0. The van der Waals surface area contributed by atoms with E-state index in [1.54, 1.807) is 19.0 Å². The molecule has 0 aliphatic rings. The molecule has 0 bridgehead atoms. The highest BCUT2D eigenvalue weighted by Gasteiger charge is 2.09. The minimum atomic E-state index is 0.180. The Labute approximate surface area is 68.5 Å². The van der Waals surface area contributed by atoms with Gasteiger partial charge < -0.3 is 15.7 Å². The van der Waals surface area contributed by atoms with Gasteiger partial charge in [0, 0.05) is 20.0 Å². The Kier molecular flexibility index (Phi) is 3.79. The Balaban J connectivity index is 4.38. The van der Waals surface area contributed by atoms with Crippen molar-refractivity contribution in [1.82, 2.24) is 4.90 Å². The van der Waals surface area contributed by atoms with Gasteiger partial charge in [-0.1, -0.05) is 13.8 Å². The first-order chi connectivity index (χ1) is 5.00. The number of aliphatic hydroxyl groups excluding tert-OH is 1. The molecule has 0 aromatic rings. The van der Waals surface area contributed by atoms with Crippen molar-refractivity contribution in [3.8, 4) is 0 Å². The molecule has 0 aromatic carbocycles. The van der Waals surface area contributed by atoms with Crippen LogP contribution in [0.2, 0.25) is 0 Å². The molecule has 0 spiro atoms. The van der Waals surface area contributed by atoms with E-state index in [0.717, 1.165) is 6.42 Å². The summed E-state index contributed by atoms with van der Waals surface area (Å²) in [5.41, 5.74) is 6.23. The lowest BCUT2D eigenvalue weighted by Crippen LogP contribution is -2.20. The molecule has 0 aliphatic carbocycles. The SMILES string of the molecule is CCC(C)/C(N)=C(\O)N(C)C. The summed E-state index contributed by atoms with van der Waals surface area (Å²) in [7, 11) is 3.54. The van der Waals surface area contributed by atoms with E-state index in [1.165, 1.54) is 0 Å². The van der Waals surface area contributed by atoms with Gasteiger partial charge in [0.05, 0.1) is 5.70 Å². The lowest BCUT2D eigenvalue weighted by atomic mass is 10.1. The fraction of sp³-hybridized carbons (Fsp3) is 0.750. The van der Waals surface area contributed by atoms with E-state index in [4.69, 9.17) is 5.73 Å². The zero-order chi connectivity index (χ0) is 9.02. The van der Waals surface area contributed by atoms with Crippen LogP contribution < -0.4 is 5.73 Å². The average Bonchev–Trinajstić information content (AvgIpc) is 2.00. The van der Waals surface area contributed by atoms with Gasteiger partial charge in [0.2, 0.25) is 5.88 Å². The minimum absolute atomic E-state index is 0.180. The van der Waals surface area contributed by atoms with Gasteiger partial charge in [-0.15, -0.1) is 0 Å². The van der Waals surface area contributed by atoms with Crippen molar-refractivity contribution >= 4 is 0 Å². The number of rotatable bonds is 3. The first-order valence-electron chi connectivity index (χ1n) is 3.86. The van der Waals surface area contributed by atoms with Crippen LogP contribution in [0.25, 0.3) is 0 Å². The van der Waals surface area contributed by atoms with Crippen molar-refractivity contribution in [2.45, 2.75) is 20.3 Å². The van der Waals surface area contributed by atoms with Crippen LogP contribution in [0, 0.1) is 5.92 Å². The molecule has 0 heterocycles. The fourth-order valence-corrected chi connectivity index (χ4v) is 0.698. The quantitative estimate of drug-likeness (QED) is 0.608. The van der Waals surface area contributed by atoms with Crippen molar-refractivity contribution in [2.75, 3.05) is 14.1 Å². The Bertz CT molecular complexity index is 152. The van der Waals surface area contributed by atoms with E-state index >= 15 is 0 Å². The zero-order valence-corrected chi connectivity index (χ0v) is 7.76. The second-order valence-corrected chi connectivity index (χ2v) is 2.98. The van der Waals surface area contributed by atoms with E-state index in [2.05, 4.69) is 0 Å². The Morgan fingerprint density at radius 1 is 1.55 bits per heavy atom. The Morgan fingerprint density at radius 3 is 2.27 bits per heavy atom. The molecule has 3 N–H and O–H groups in total. The van der Waals surface area contributed by atoms with E-state index in [0.29, 0.717) is 5.70 Å². The number of nitrogens with zero attached hydrogens (tertiary/aromatic N) is 1. The summed E-state index contributed by atoms with van der Waals surface area (Å²) in [4.78, 5) is 1.61. The lowest BCUT2D eigenvalue weighted by molar-refractivity contribution is 0.250. The van der Waals surface area contributed by atoms with Gasteiger partial charge >= 0.3 is 0 Å². The molecule has 0 saturated carbocycles. The monoisotopic (exact) mass is 158 g/mol. The predicted molar refractivity (Wildman–Crippen MR) is 47.0 cm³/mol. The van der Waals surface area contributed by atoms with Crippen molar-refractivity contribution in [3.05, 3.63) is 11.6 Å². The van der Waals surface area contributed by atoms with Crippen LogP contribution in [0.5, 0.6) is 0 Å². The van der Waals surface area contributed by atoms with Gasteiger partial charge in [0.15, 0.2) is 0 Å². The summed E-state index contributed by atoms with van der Waals surface area (Å²) in [5.74, 6) is 0.428. The van der Waals surface area contributed by atoms with E-state index in [-0.39, 0.29) is 11.8 Å². The molecule has 1 atom stereocenters. The molecule has 0 rings (SSSR count). The van der Waals surface area contributed by atoms with Crippen molar-refractivity contribution in [1.29, 1.82) is 0 Å². The molecule has 0 fully saturated rings. The first-order valence-corrected chi connectivity index (χ1v) is 3.86. The third-order valence-corrected chi connectivity index (χ3v) is 1.83. The topological polar surface area (TPSA) is 49.5 Å². The minimum Gasteiger partial charge on any atom is -0.493 e. The molecule has 0 aromatic heterocycles. The van der Waals surface area contributed by atoms with Crippen LogP contribution in [0.15, 0.2) is 11.6 Å². The summed E-state index contributed by atoms with van der Waals surface area (Å²) in [6.07, 6.45) is 0.948. The van der Waals surface area contributed by atoms with Crippen LogP contribution in [0.3, 0.4) is 0 Å². The number of nitrogens with two attached hydrogens (primary N) is 1. The van der Waals surface area contributed by atoms with E-state index < -0.39 is 0 Å². The summed E-state index contributed by atoms with van der Waals surface area (Å²) in [5, 5.41) is 9.38. The standard InChI is InChI=1S/C8H18N2O/c1-5-6(2)7(9)8(11)10(3)4/h6,11H,5,9H2,1-4H3/b8-7+. The molecule has 3 heteroatoms. The van der Waals surface area contributed by atoms with E-state index in [9.17, 15) is 5.11 Å². The van der Waals surface area contributed by atoms with Crippen LogP contribution in [0.1, 0.15) is 20.3 Å². The number of hydrogen-bond donors (Lipinski definition) is 2. The molecule has 1 unspecified atom stereocenters. The molecule has 0 aliphatic heterocycles. The first kappa shape index (κ1) is 10.1. The molecule has 66 valence electrons. The van der Waals surface area contributed by atoms with Crippen LogP contribution in [0.4, 0.5) is 0 Å². The number of hydrogen-bond acceptors (Lipinski definition) is 3. The Hall–Kier alpha value is -0.860. The maximum atomic E-state index is 9.38. The number of allylic oxidation sites excluding steroid dienone is 1. The molecule has 0 amide bonds. The molecular weight excluding hydrogens is 140 g/mol. The third kappa shape index (κ3) is 2.70. The van der Waals surface area contributed by atoms with Crippen molar-refractivity contribution < 1.29 is 5.11 Å². The zero-order valence-electron chi connectivity index (χ0n) is 7.76. The highest BCUT2D eigenvalue weighted by Crippen LogP contribution is 2.12. The smallest absolute Gasteiger partial charge is 0.206 e. The number of aliphatic hydroxyl groups is 1. The molecule has 3 nitrogen and oxygen atoms in total. The maximum absolute atomic E-state index is 9.38. The van der Waals surface area contributed by atoms with Crippen molar-refractivity contribution in [2.24, 2.45) is 11.7 Å². The second kappa shape index (κ2) is 4.11. The van der Waals surface area contributed by atoms with Gasteiger partial charge in [-0.25, -0.2) is 0 Å². The van der Waals surface area contributed by atoms with Gasteiger partial charge in [-0.2, -0.15) is 0 Å². The maximum Gasteiger partial charge on any atom is 0.206 e. The summed E-state index contributed by atoms with van der Waals surface area (Å²) in [6, 6.07) is 0. The van der Waals surface area contributed by atoms with Gasteiger partial charge in [-0.3, -0.25) is 0 Å². The third-order valence-electron chi connectivity index (χ3n) is 1.83. The lowest BCUT2D eigenvalue weighted by Gasteiger charge is -2.17. The van der Waals surface area contributed by atoms with E-state index in [1.807, 2.05) is 13.8 Å². The van der Waals surface area contributed by atoms with Crippen molar-refractivity contribution in [3.63, 3.8) is 0 Å². The average molecular weight is 158 g/mol. The Morgan fingerprint density at radius 2 is 2.00 bits per heavy atom. The van der Waals surface area contributed by atoms with Gasteiger partial charge in [-0.05, 0) is 6.42 Å². The molecule has 11 heavy (non-hydrogen) atoms. The summed E-state index contributed by atoms with van der Waals surface area (Å²) in [6.45, 7) is 4.04. The van der Waals surface area contributed by atoms with Crippen LogP contribution in [-0.4, -0.2) is 24.1 Å². The largest absolute Gasteiger partial charge is 0.493 e. The molecule has 0 radical (unpaired) electrons. The van der Waals surface area contributed by atoms with Crippen LogP contribution in [-0.2, 0) is 0 Å². The highest BCUT2D eigenvalue weighted by atomic mass is 16.3. The normalized spacial score (nSPS) is 15.6. The molecule has 0 saturated heterocycles. The molecular formula is C8H18N2O. The summed E-state index contributed by atoms with van der Waals surface area (Å²) < 4.78 is 0. The van der Waals surface area contributed by atoms with Crippen LogP contribution >= 0.6 is 0 Å². The van der Waals surface area contributed by atoms with Gasteiger partial charge in [0.1, 0.15) is 0 Å². The fourth-order valence-electron chi connectivity index (χ4n) is 0.698.